The molecule has 0 aliphatic carbocycles. The zero-order valence-corrected chi connectivity index (χ0v) is 16.4. The Balaban J connectivity index is 1.74. The second-order valence-corrected chi connectivity index (χ2v) is 6.84. The third-order valence-electron chi connectivity index (χ3n) is 4.16. The molecule has 0 radical (unpaired) electrons. The normalized spacial score (nSPS) is 11.6. The minimum Gasteiger partial charge on any atom is -0.451 e. The van der Waals surface area contributed by atoms with Crippen molar-refractivity contribution in [1.82, 2.24) is 5.32 Å². The van der Waals surface area contributed by atoms with E-state index < -0.39 is 18.0 Å². The summed E-state index contributed by atoms with van der Waals surface area (Å²) in [7, 11) is 0. The van der Waals surface area contributed by atoms with Gasteiger partial charge in [-0.1, -0.05) is 56.3 Å². The number of carbonyl (C=O) groups excluding carboxylic acids is 3. The van der Waals surface area contributed by atoms with Crippen molar-refractivity contribution in [3.8, 4) is 0 Å². The molecule has 6 nitrogen and oxygen atoms in total. The van der Waals surface area contributed by atoms with Gasteiger partial charge in [0.2, 0.25) is 5.91 Å². The molecule has 0 fully saturated rings. The van der Waals surface area contributed by atoms with Crippen molar-refractivity contribution in [2.75, 3.05) is 11.9 Å². The van der Waals surface area contributed by atoms with Crippen LogP contribution in [0.4, 0.5) is 5.69 Å². The molecular weight excluding hydrogens is 356 g/mol. The van der Waals surface area contributed by atoms with E-state index in [4.69, 9.17) is 4.74 Å². The molecule has 6 heteroatoms. The molecule has 0 heterocycles. The monoisotopic (exact) mass is 382 g/mol. The summed E-state index contributed by atoms with van der Waals surface area (Å²) in [5, 5.41) is 5.20. The fourth-order valence-electron chi connectivity index (χ4n) is 2.50. The van der Waals surface area contributed by atoms with Gasteiger partial charge in [-0.05, 0) is 36.1 Å². The first-order chi connectivity index (χ1) is 13.3. The summed E-state index contributed by atoms with van der Waals surface area (Å²) < 4.78 is 5.08. The molecular formula is C22H26N2O4. The third kappa shape index (κ3) is 6.87. The highest BCUT2D eigenvalue weighted by Gasteiger charge is 2.18. The van der Waals surface area contributed by atoms with Gasteiger partial charge in [0, 0.05) is 5.69 Å². The highest BCUT2D eigenvalue weighted by molar-refractivity contribution is 5.95. The molecule has 0 unspecified atom stereocenters. The fraction of sp³-hybridized carbons (Fsp3) is 0.318. The Kier molecular flexibility index (Phi) is 7.75. The molecule has 2 rings (SSSR count). The number of amides is 2. The van der Waals surface area contributed by atoms with Gasteiger partial charge in [0.25, 0.3) is 5.91 Å². The molecule has 2 aromatic rings. The van der Waals surface area contributed by atoms with Gasteiger partial charge in [-0.15, -0.1) is 0 Å². The minimum absolute atomic E-state index is 0.177. The molecule has 2 aromatic carbocycles. The van der Waals surface area contributed by atoms with Crippen LogP contribution in [0, 0.1) is 0 Å². The lowest BCUT2D eigenvalue weighted by molar-refractivity contribution is -0.152. The number of carbonyl (C=O) groups is 3. The van der Waals surface area contributed by atoms with E-state index in [1.807, 2.05) is 54.6 Å². The highest BCUT2D eigenvalue weighted by atomic mass is 16.5. The van der Waals surface area contributed by atoms with E-state index in [0.717, 1.165) is 5.56 Å². The number of hydrogen-bond acceptors (Lipinski definition) is 4. The predicted molar refractivity (Wildman–Crippen MR) is 108 cm³/mol. The van der Waals surface area contributed by atoms with Gasteiger partial charge in [0.1, 0.15) is 6.54 Å². The summed E-state index contributed by atoms with van der Waals surface area (Å²) in [5.74, 6) is -0.979. The van der Waals surface area contributed by atoms with E-state index in [-0.39, 0.29) is 18.9 Å². The zero-order chi connectivity index (χ0) is 20.5. The summed E-state index contributed by atoms with van der Waals surface area (Å²) in [6.07, 6.45) is -0.792. The molecule has 1 atom stereocenters. The molecule has 0 saturated carbocycles. The molecule has 28 heavy (non-hydrogen) atoms. The Morgan fingerprint density at radius 1 is 0.929 bits per heavy atom. The van der Waals surface area contributed by atoms with Crippen LogP contribution in [0.2, 0.25) is 0 Å². The summed E-state index contributed by atoms with van der Waals surface area (Å²) >= 11 is 0. The number of benzene rings is 2. The Morgan fingerprint density at radius 3 is 2.18 bits per heavy atom. The molecule has 2 amide bonds. The molecule has 0 saturated heterocycles. The quantitative estimate of drug-likeness (QED) is 0.688. The molecule has 0 aliphatic rings. The molecule has 0 spiro atoms. The Bertz CT molecular complexity index is 801. The van der Waals surface area contributed by atoms with Crippen LogP contribution in [0.1, 0.15) is 37.8 Å². The summed E-state index contributed by atoms with van der Waals surface area (Å²) in [4.78, 5) is 35.9. The van der Waals surface area contributed by atoms with E-state index >= 15 is 0 Å². The molecule has 0 aromatic heterocycles. The van der Waals surface area contributed by atoms with E-state index in [0.29, 0.717) is 11.6 Å². The van der Waals surface area contributed by atoms with Gasteiger partial charge in [-0.2, -0.15) is 0 Å². The second-order valence-electron chi connectivity index (χ2n) is 6.84. The van der Waals surface area contributed by atoms with Crippen LogP contribution < -0.4 is 10.6 Å². The lowest BCUT2D eigenvalue weighted by atomic mass is 10.0. The van der Waals surface area contributed by atoms with Gasteiger partial charge in [-0.25, -0.2) is 0 Å². The first-order valence-electron chi connectivity index (χ1n) is 9.26. The van der Waals surface area contributed by atoms with E-state index in [2.05, 4.69) is 24.5 Å². The lowest BCUT2D eigenvalue weighted by Crippen LogP contribution is -2.36. The standard InChI is InChI=1S/C22H26N2O4/c1-15(2)18-9-11-19(12-10-18)24-22(27)16(3)28-21(26)14-23-20(25)13-17-7-5-4-6-8-17/h4-12,15-16H,13-14H2,1-3H3,(H,23,25)(H,24,27)/t16-/m1/s1. The summed E-state index contributed by atoms with van der Waals surface area (Å²) in [6, 6.07) is 16.7. The summed E-state index contributed by atoms with van der Waals surface area (Å²) in [5.41, 5.74) is 2.65. The molecule has 148 valence electrons. The number of esters is 1. The summed E-state index contributed by atoms with van der Waals surface area (Å²) in [6.45, 7) is 5.38. The Labute approximate surface area is 165 Å². The van der Waals surface area contributed by atoms with Crippen molar-refractivity contribution in [3.05, 3.63) is 65.7 Å². The van der Waals surface area contributed by atoms with Crippen molar-refractivity contribution in [2.24, 2.45) is 0 Å². The number of nitrogens with one attached hydrogen (secondary N) is 2. The van der Waals surface area contributed by atoms with Gasteiger partial charge < -0.3 is 15.4 Å². The van der Waals surface area contributed by atoms with Crippen LogP contribution in [-0.4, -0.2) is 30.4 Å². The van der Waals surface area contributed by atoms with Gasteiger partial charge in [0.15, 0.2) is 6.10 Å². The van der Waals surface area contributed by atoms with Crippen LogP contribution >= 0.6 is 0 Å². The first-order valence-corrected chi connectivity index (χ1v) is 9.26. The van der Waals surface area contributed by atoms with Crippen molar-refractivity contribution in [2.45, 2.75) is 39.2 Å². The first kappa shape index (κ1) is 21.2. The van der Waals surface area contributed by atoms with Crippen LogP contribution in [-0.2, 0) is 25.5 Å². The Hall–Kier alpha value is -3.15. The fourth-order valence-corrected chi connectivity index (χ4v) is 2.50. The third-order valence-corrected chi connectivity index (χ3v) is 4.16. The number of ether oxygens (including phenoxy) is 1. The second kappa shape index (κ2) is 10.3. The van der Waals surface area contributed by atoms with E-state index in [1.165, 1.54) is 12.5 Å². The minimum atomic E-state index is -0.969. The highest BCUT2D eigenvalue weighted by Crippen LogP contribution is 2.17. The van der Waals surface area contributed by atoms with Crippen molar-refractivity contribution < 1.29 is 19.1 Å². The van der Waals surface area contributed by atoms with Crippen LogP contribution in [0.25, 0.3) is 0 Å². The van der Waals surface area contributed by atoms with Gasteiger partial charge in [-0.3, -0.25) is 14.4 Å². The largest absolute Gasteiger partial charge is 0.451 e. The maximum absolute atomic E-state index is 12.2. The lowest BCUT2D eigenvalue weighted by Gasteiger charge is -2.14. The zero-order valence-electron chi connectivity index (χ0n) is 16.4. The molecule has 0 bridgehead atoms. The van der Waals surface area contributed by atoms with Crippen LogP contribution in [0.5, 0.6) is 0 Å². The average Bonchev–Trinajstić information content (AvgIpc) is 2.67. The van der Waals surface area contributed by atoms with Gasteiger partial charge >= 0.3 is 5.97 Å². The van der Waals surface area contributed by atoms with Crippen LogP contribution in [0.15, 0.2) is 54.6 Å². The maximum Gasteiger partial charge on any atom is 0.326 e. The smallest absolute Gasteiger partial charge is 0.326 e. The van der Waals surface area contributed by atoms with Crippen molar-refractivity contribution >= 4 is 23.5 Å². The SMILES string of the molecule is CC(C)c1ccc(NC(=O)[C@@H](C)OC(=O)CNC(=O)Cc2ccccc2)cc1. The van der Waals surface area contributed by atoms with Gasteiger partial charge in [0.05, 0.1) is 6.42 Å². The van der Waals surface area contributed by atoms with E-state index in [1.54, 1.807) is 0 Å². The number of anilines is 1. The predicted octanol–water partition coefficient (Wildman–Crippen LogP) is 3.04. The van der Waals surface area contributed by atoms with Crippen LogP contribution in [0.3, 0.4) is 0 Å². The molecule has 2 N–H and O–H groups in total. The number of rotatable bonds is 8. The number of hydrogen-bond donors (Lipinski definition) is 2. The molecule has 0 aliphatic heterocycles. The Morgan fingerprint density at radius 2 is 1.57 bits per heavy atom. The maximum atomic E-state index is 12.2. The van der Waals surface area contributed by atoms with Crippen molar-refractivity contribution in [1.29, 1.82) is 0 Å². The topological polar surface area (TPSA) is 84.5 Å². The van der Waals surface area contributed by atoms with E-state index in [9.17, 15) is 14.4 Å². The average molecular weight is 382 g/mol. The van der Waals surface area contributed by atoms with Crippen molar-refractivity contribution in [3.63, 3.8) is 0 Å².